The van der Waals surface area contributed by atoms with Gasteiger partial charge >= 0.3 is 0 Å². The summed E-state index contributed by atoms with van der Waals surface area (Å²) in [5, 5.41) is 0. The topological polar surface area (TPSA) is 26.0 Å². The Bertz CT molecular complexity index is 86.9. The van der Waals surface area contributed by atoms with E-state index in [1.165, 1.54) is 32.1 Å². The van der Waals surface area contributed by atoms with E-state index in [0.717, 1.165) is 6.42 Å². The third-order valence-corrected chi connectivity index (χ3v) is 2.17. The van der Waals surface area contributed by atoms with Gasteiger partial charge in [0.2, 0.25) is 0 Å². The van der Waals surface area contributed by atoms with E-state index in [1.54, 1.807) is 0 Å². The van der Waals surface area contributed by atoms with Gasteiger partial charge in [-0.15, -0.1) is 0 Å². The Balaban J connectivity index is 3.38. The Labute approximate surface area is 71.4 Å². The highest BCUT2D eigenvalue weighted by atomic mass is 14.7. The standard InChI is InChI=1S/C10H23N/c1-4-6-7-9-10(3,11)8-5-2/h4-9,11H2,1-3H3/t10-/m0/s1. The molecule has 0 aliphatic heterocycles. The highest BCUT2D eigenvalue weighted by Crippen LogP contribution is 2.16. The van der Waals surface area contributed by atoms with E-state index in [0.29, 0.717) is 0 Å². The van der Waals surface area contributed by atoms with Crippen molar-refractivity contribution in [2.24, 2.45) is 5.73 Å². The SMILES string of the molecule is CCCCC[C@@](C)(N)CCC. The molecule has 1 nitrogen and oxygen atoms in total. The monoisotopic (exact) mass is 157 g/mol. The third kappa shape index (κ3) is 6.36. The fraction of sp³-hybridized carbons (Fsp3) is 1.00. The van der Waals surface area contributed by atoms with E-state index < -0.39 is 0 Å². The molecule has 0 bridgehead atoms. The van der Waals surface area contributed by atoms with Crippen molar-refractivity contribution in [2.75, 3.05) is 0 Å². The van der Waals surface area contributed by atoms with Crippen molar-refractivity contribution in [1.82, 2.24) is 0 Å². The van der Waals surface area contributed by atoms with Gasteiger partial charge in [-0.25, -0.2) is 0 Å². The Morgan fingerprint density at radius 1 is 1.00 bits per heavy atom. The molecule has 0 amide bonds. The zero-order chi connectivity index (χ0) is 8.74. The number of nitrogens with two attached hydrogens (primary N) is 1. The molecule has 0 aliphatic rings. The Kier molecular flexibility index (Phi) is 5.57. The number of hydrogen-bond donors (Lipinski definition) is 1. The summed E-state index contributed by atoms with van der Waals surface area (Å²) < 4.78 is 0. The Morgan fingerprint density at radius 2 is 1.64 bits per heavy atom. The minimum Gasteiger partial charge on any atom is -0.325 e. The predicted octanol–water partition coefficient (Wildman–Crippen LogP) is 3.08. The zero-order valence-electron chi connectivity index (χ0n) is 8.32. The lowest BCUT2D eigenvalue weighted by Crippen LogP contribution is -2.35. The molecule has 0 heterocycles. The van der Waals surface area contributed by atoms with Gasteiger partial charge in [0.15, 0.2) is 0 Å². The maximum Gasteiger partial charge on any atom is 0.0125 e. The van der Waals surface area contributed by atoms with Gasteiger partial charge in [-0.2, -0.15) is 0 Å². The lowest BCUT2D eigenvalue weighted by molar-refractivity contribution is 0.380. The van der Waals surface area contributed by atoms with Crippen molar-refractivity contribution in [3.05, 3.63) is 0 Å². The summed E-state index contributed by atoms with van der Waals surface area (Å²) in [6.07, 6.45) is 7.48. The van der Waals surface area contributed by atoms with Crippen LogP contribution in [0.25, 0.3) is 0 Å². The first kappa shape index (κ1) is 11.0. The van der Waals surface area contributed by atoms with E-state index in [2.05, 4.69) is 20.8 Å². The van der Waals surface area contributed by atoms with Crippen molar-refractivity contribution in [3.63, 3.8) is 0 Å². The predicted molar refractivity (Wildman–Crippen MR) is 51.6 cm³/mol. The molecule has 0 aliphatic carbocycles. The second-order valence-electron chi connectivity index (χ2n) is 3.86. The summed E-state index contributed by atoms with van der Waals surface area (Å²) in [7, 11) is 0. The first-order chi connectivity index (χ1) is 5.12. The van der Waals surface area contributed by atoms with Crippen molar-refractivity contribution in [2.45, 2.75) is 64.8 Å². The highest BCUT2D eigenvalue weighted by Gasteiger charge is 2.15. The minimum absolute atomic E-state index is 0.101. The van der Waals surface area contributed by atoms with E-state index in [9.17, 15) is 0 Å². The van der Waals surface area contributed by atoms with Crippen LogP contribution in [0.15, 0.2) is 0 Å². The van der Waals surface area contributed by atoms with E-state index in [1.807, 2.05) is 0 Å². The molecule has 68 valence electrons. The van der Waals surface area contributed by atoms with Crippen LogP contribution in [0.3, 0.4) is 0 Å². The average Bonchev–Trinajstić information content (AvgIpc) is 1.87. The van der Waals surface area contributed by atoms with Gasteiger partial charge in [0.1, 0.15) is 0 Å². The second-order valence-corrected chi connectivity index (χ2v) is 3.86. The zero-order valence-corrected chi connectivity index (χ0v) is 8.32. The van der Waals surface area contributed by atoms with Crippen LogP contribution in [0.2, 0.25) is 0 Å². The first-order valence-electron chi connectivity index (χ1n) is 4.91. The van der Waals surface area contributed by atoms with Crippen LogP contribution in [0.5, 0.6) is 0 Å². The van der Waals surface area contributed by atoms with E-state index >= 15 is 0 Å². The van der Waals surface area contributed by atoms with Crippen LogP contribution in [-0.4, -0.2) is 5.54 Å². The Morgan fingerprint density at radius 3 is 2.09 bits per heavy atom. The van der Waals surface area contributed by atoms with Crippen LogP contribution in [0.1, 0.15) is 59.3 Å². The molecule has 0 spiro atoms. The average molecular weight is 157 g/mol. The molecular formula is C10H23N. The normalized spacial score (nSPS) is 16.4. The molecule has 0 saturated carbocycles. The van der Waals surface area contributed by atoms with E-state index in [4.69, 9.17) is 5.73 Å². The van der Waals surface area contributed by atoms with Gasteiger partial charge in [-0.1, -0.05) is 39.5 Å². The molecule has 0 aromatic heterocycles. The van der Waals surface area contributed by atoms with Crippen LogP contribution >= 0.6 is 0 Å². The second kappa shape index (κ2) is 5.59. The summed E-state index contributed by atoms with van der Waals surface area (Å²) in [5.74, 6) is 0. The van der Waals surface area contributed by atoms with Crippen molar-refractivity contribution >= 4 is 0 Å². The van der Waals surface area contributed by atoms with Crippen LogP contribution in [0, 0.1) is 0 Å². The van der Waals surface area contributed by atoms with Crippen molar-refractivity contribution in [1.29, 1.82) is 0 Å². The van der Waals surface area contributed by atoms with Gasteiger partial charge < -0.3 is 5.73 Å². The van der Waals surface area contributed by atoms with Crippen molar-refractivity contribution < 1.29 is 0 Å². The smallest absolute Gasteiger partial charge is 0.0125 e. The first-order valence-corrected chi connectivity index (χ1v) is 4.91. The van der Waals surface area contributed by atoms with Gasteiger partial charge in [-0.3, -0.25) is 0 Å². The number of hydrogen-bond acceptors (Lipinski definition) is 1. The molecule has 0 rings (SSSR count). The molecule has 2 N–H and O–H groups in total. The maximum atomic E-state index is 6.07. The lowest BCUT2D eigenvalue weighted by atomic mass is 9.91. The number of rotatable bonds is 6. The molecule has 0 unspecified atom stereocenters. The molecule has 0 saturated heterocycles. The fourth-order valence-electron chi connectivity index (χ4n) is 1.47. The molecule has 1 heteroatoms. The molecule has 1 atom stereocenters. The fourth-order valence-corrected chi connectivity index (χ4v) is 1.47. The lowest BCUT2D eigenvalue weighted by Gasteiger charge is -2.23. The quantitative estimate of drug-likeness (QED) is 0.589. The largest absolute Gasteiger partial charge is 0.325 e. The van der Waals surface area contributed by atoms with Gasteiger partial charge in [0.05, 0.1) is 0 Å². The maximum absolute atomic E-state index is 6.07. The van der Waals surface area contributed by atoms with Gasteiger partial charge in [0.25, 0.3) is 0 Å². The molecule has 0 aromatic carbocycles. The van der Waals surface area contributed by atoms with Crippen LogP contribution in [-0.2, 0) is 0 Å². The molecule has 11 heavy (non-hydrogen) atoms. The number of unbranched alkanes of at least 4 members (excludes halogenated alkanes) is 2. The summed E-state index contributed by atoms with van der Waals surface area (Å²) >= 11 is 0. The molecular weight excluding hydrogens is 134 g/mol. The van der Waals surface area contributed by atoms with Gasteiger partial charge in [0, 0.05) is 5.54 Å². The summed E-state index contributed by atoms with van der Waals surface area (Å²) in [6.45, 7) is 6.60. The summed E-state index contributed by atoms with van der Waals surface area (Å²) in [6, 6.07) is 0. The Hall–Kier alpha value is -0.0400. The molecule has 0 radical (unpaired) electrons. The highest BCUT2D eigenvalue weighted by molar-refractivity contribution is 4.77. The van der Waals surface area contributed by atoms with Crippen LogP contribution in [0.4, 0.5) is 0 Å². The summed E-state index contributed by atoms with van der Waals surface area (Å²) in [5.41, 5.74) is 6.17. The van der Waals surface area contributed by atoms with Crippen molar-refractivity contribution in [3.8, 4) is 0 Å². The van der Waals surface area contributed by atoms with E-state index in [-0.39, 0.29) is 5.54 Å². The third-order valence-electron chi connectivity index (χ3n) is 2.17. The van der Waals surface area contributed by atoms with Crippen LogP contribution < -0.4 is 5.73 Å². The van der Waals surface area contributed by atoms with Gasteiger partial charge in [-0.05, 0) is 19.8 Å². The summed E-state index contributed by atoms with van der Waals surface area (Å²) in [4.78, 5) is 0. The molecule has 0 aromatic rings. The minimum atomic E-state index is 0.101. The molecule has 0 fully saturated rings.